The van der Waals surface area contributed by atoms with Crippen molar-refractivity contribution in [3.05, 3.63) is 89.0 Å². The summed E-state index contributed by atoms with van der Waals surface area (Å²) >= 11 is 0. The maximum Gasteiger partial charge on any atom is 0.251 e. The molecule has 0 unspecified atom stereocenters. The molecule has 0 saturated carbocycles. The Morgan fingerprint density at radius 1 is 0.882 bits per heavy atom. The standard InChI is InChI=1S/C29H33N3O2/c1-21-8-15-28(32-18-16-31(2)17-19-32)27-20-23(11-14-26(21)27)30-29(33)22-9-12-25(13-10-22)34-24-6-4-3-5-7-24/h3-10,12-13,15,23H,11,14,16-20H2,1-2H3,(H,30,33)/t23-/m0/s1. The average molecular weight is 456 g/mol. The number of para-hydroxylation sites is 1. The average Bonchev–Trinajstić information content (AvgIpc) is 2.86. The zero-order chi connectivity index (χ0) is 23.5. The fraction of sp³-hybridized carbons (Fsp3) is 0.345. The molecule has 5 nitrogen and oxygen atoms in total. The molecule has 1 amide bonds. The molecular formula is C29H33N3O2. The number of nitrogens with zero attached hydrogens (tertiary/aromatic N) is 2. The monoisotopic (exact) mass is 455 g/mol. The lowest BCUT2D eigenvalue weighted by Gasteiger charge is -2.37. The number of hydrogen-bond acceptors (Lipinski definition) is 4. The fourth-order valence-electron chi connectivity index (χ4n) is 5.08. The van der Waals surface area contributed by atoms with Crippen LogP contribution in [0.5, 0.6) is 11.5 Å². The lowest BCUT2D eigenvalue weighted by Crippen LogP contribution is -2.45. The number of piperazine rings is 1. The summed E-state index contributed by atoms with van der Waals surface area (Å²) in [4.78, 5) is 17.9. The van der Waals surface area contributed by atoms with Gasteiger partial charge in [-0.3, -0.25) is 4.79 Å². The van der Waals surface area contributed by atoms with E-state index in [1.807, 2.05) is 54.6 Å². The Labute approximate surface area is 202 Å². The summed E-state index contributed by atoms with van der Waals surface area (Å²) < 4.78 is 5.85. The highest BCUT2D eigenvalue weighted by molar-refractivity contribution is 5.94. The van der Waals surface area contributed by atoms with Crippen molar-refractivity contribution in [1.29, 1.82) is 0 Å². The third kappa shape index (κ3) is 4.95. The number of anilines is 1. The molecule has 1 aliphatic carbocycles. The molecule has 0 bridgehead atoms. The summed E-state index contributed by atoms with van der Waals surface area (Å²) in [7, 11) is 2.19. The molecule has 0 radical (unpaired) electrons. The van der Waals surface area contributed by atoms with Crippen LogP contribution in [-0.2, 0) is 12.8 Å². The van der Waals surface area contributed by atoms with Gasteiger partial charge in [-0.2, -0.15) is 0 Å². The molecule has 1 heterocycles. The number of carbonyl (C=O) groups excluding carboxylic acids is 1. The molecule has 3 aromatic rings. The van der Waals surface area contributed by atoms with Crippen molar-refractivity contribution in [2.45, 2.75) is 32.2 Å². The van der Waals surface area contributed by atoms with Crippen LogP contribution in [0.2, 0.25) is 0 Å². The largest absolute Gasteiger partial charge is 0.457 e. The minimum atomic E-state index is -0.0199. The maximum atomic E-state index is 13.0. The Morgan fingerprint density at radius 2 is 1.59 bits per heavy atom. The van der Waals surface area contributed by atoms with Crippen molar-refractivity contribution in [1.82, 2.24) is 10.2 Å². The molecule has 1 saturated heterocycles. The van der Waals surface area contributed by atoms with Crippen LogP contribution in [0, 0.1) is 6.92 Å². The molecule has 34 heavy (non-hydrogen) atoms. The molecule has 5 rings (SSSR count). The van der Waals surface area contributed by atoms with E-state index < -0.39 is 0 Å². The third-order valence-electron chi connectivity index (χ3n) is 7.11. The van der Waals surface area contributed by atoms with Crippen molar-refractivity contribution in [3.63, 3.8) is 0 Å². The topological polar surface area (TPSA) is 44.8 Å². The first-order valence-electron chi connectivity index (χ1n) is 12.3. The van der Waals surface area contributed by atoms with Gasteiger partial charge in [0.25, 0.3) is 5.91 Å². The Kier molecular flexibility index (Phi) is 6.54. The molecule has 1 fully saturated rings. The molecule has 0 aromatic heterocycles. The van der Waals surface area contributed by atoms with Gasteiger partial charge in [-0.15, -0.1) is 0 Å². The van der Waals surface area contributed by atoms with Crippen LogP contribution in [0.4, 0.5) is 5.69 Å². The van der Waals surface area contributed by atoms with Gasteiger partial charge in [0.2, 0.25) is 0 Å². The minimum Gasteiger partial charge on any atom is -0.457 e. The lowest BCUT2D eigenvalue weighted by molar-refractivity contribution is 0.0933. The minimum absolute atomic E-state index is 0.0199. The van der Waals surface area contributed by atoms with Gasteiger partial charge in [-0.1, -0.05) is 24.3 Å². The summed E-state index contributed by atoms with van der Waals surface area (Å²) in [5, 5.41) is 3.30. The van der Waals surface area contributed by atoms with Gasteiger partial charge in [0, 0.05) is 43.5 Å². The van der Waals surface area contributed by atoms with E-state index in [9.17, 15) is 4.79 Å². The van der Waals surface area contributed by atoms with Crippen molar-refractivity contribution in [3.8, 4) is 11.5 Å². The fourth-order valence-corrected chi connectivity index (χ4v) is 5.08. The van der Waals surface area contributed by atoms with E-state index in [1.54, 1.807) is 0 Å². The van der Waals surface area contributed by atoms with Crippen molar-refractivity contribution >= 4 is 11.6 Å². The zero-order valence-corrected chi connectivity index (χ0v) is 20.1. The number of aryl methyl sites for hydroxylation is 1. The van der Waals surface area contributed by atoms with Gasteiger partial charge in [-0.25, -0.2) is 0 Å². The number of ether oxygens (including phenoxy) is 1. The first-order chi connectivity index (χ1) is 16.6. The number of amides is 1. The Hall–Kier alpha value is -3.31. The number of rotatable bonds is 5. The number of fused-ring (bicyclic) bond motifs is 1. The SMILES string of the molecule is Cc1ccc(N2CCN(C)CC2)c2c1CC[C@H](NC(=O)c1ccc(Oc3ccccc3)cc1)C2. The number of carbonyl (C=O) groups is 1. The summed E-state index contributed by atoms with van der Waals surface area (Å²) in [5.74, 6) is 1.49. The van der Waals surface area contributed by atoms with Gasteiger partial charge in [-0.05, 0) is 92.4 Å². The summed E-state index contributed by atoms with van der Waals surface area (Å²) in [5.41, 5.74) is 6.29. The van der Waals surface area contributed by atoms with E-state index in [0.29, 0.717) is 5.56 Å². The van der Waals surface area contributed by atoms with Crippen molar-refractivity contribution in [2.75, 3.05) is 38.1 Å². The van der Waals surface area contributed by atoms with Crippen LogP contribution in [0.25, 0.3) is 0 Å². The maximum absolute atomic E-state index is 13.0. The molecule has 176 valence electrons. The highest BCUT2D eigenvalue weighted by atomic mass is 16.5. The van der Waals surface area contributed by atoms with Crippen LogP contribution < -0.4 is 15.0 Å². The zero-order valence-electron chi connectivity index (χ0n) is 20.1. The third-order valence-corrected chi connectivity index (χ3v) is 7.11. The second-order valence-electron chi connectivity index (χ2n) is 9.50. The summed E-state index contributed by atoms with van der Waals surface area (Å²) in [6.45, 7) is 6.50. The molecule has 1 aliphatic heterocycles. The smallest absolute Gasteiger partial charge is 0.251 e. The molecule has 1 N–H and O–H groups in total. The molecule has 5 heteroatoms. The normalized spacial score (nSPS) is 18.3. The predicted octanol–water partition coefficient (Wildman–Crippen LogP) is 4.83. The quantitative estimate of drug-likeness (QED) is 0.599. The van der Waals surface area contributed by atoms with Crippen LogP contribution in [0.15, 0.2) is 66.7 Å². The molecular weight excluding hydrogens is 422 g/mol. The van der Waals surface area contributed by atoms with Gasteiger partial charge in [0.1, 0.15) is 11.5 Å². The molecule has 3 aromatic carbocycles. The van der Waals surface area contributed by atoms with E-state index in [1.165, 1.54) is 22.4 Å². The highest BCUT2D eigenvalue weighted by Crippen LogP contribution is 2.33. The number of nitrogens with one attached hydrogen (secondary N) is 1. The first kappa shape index (κ1) is 22.5. The molecule has 2 aliphatic rings. The highest BCUT2D eigenvalue weighted by Gasteiger charge is 2.27. The van der Waals surface area contributed by atoms with Crippen LogP contribution in [0.1, 0.15) is 33.5 Å². The Balaban J connectivity index is 1.26. The van der Waals surface area contributed by atoms with Gasteiger partial charge < -0.3 is 19.9 Å². The number of likely N-dealkylation sites (N-methyl/N-ethyl adjacent to an activating group) is 1. The predicted molar refractivity (Wildman–Crippen MR) is 137 cm³/mol. The summed E-state index contributed by atoms with van der Waals surface area (Å²) in [6, 6.07) is 21.8. The van der Waals surface area contributed by atoms with E-state index in [-0.39, 0.29) is 11.9 Å². The summed E-state index contributed by atoms with van der Waals surface area (Å²) in [6.07, 6.45) is 2.87. The lowest BCUT2D eigenvalue weighted by atomic mass is 9.84. The van der Waals surface area contributed by atoms with E-state index in [4.69, 9.17) is 4.74 Å². The second-order valence-corrected chi connectivity index (χ2v) is 9.50. The second kappa shape index (κ2) is 9.90. The van der Waals surface area contributed by atoms with Crippen molar-refractivity contribution in [2.24, 2.45) is 0 Å². The molecule has 0 spiro atoms. The van der Waals surface area contributed by atoms with E-state index in [0.717, 1.165) is 56.9 Å². The van der Waals surface area contributed by atoms with Crippen molar-refractivity contribution < 1.29 is 9.53 Å². The van der Waals surface area contributed by atoms with Gasteiger partial charge >= 0.3 is 0 Å². The number of hydrogen-bond donors (Lipinski definition) is 1. The molecule has 1 atom stereocenters. The first-order valence-corrected chi connectivity index (χ1v) is 12.3. The van der Waals surface area contributed by atoms with E-state index in [2.05, 4.69) is 41.2 Å². The Morgan fingerprint density at radius 3 is 2.32 bits per heavy atom. The van der Waals surface area contributed by atoms with Crippen LogP contribution >= 0.6 is 0 Å². The van der Waals surface area contributed by atoms with E-state index >= 15 is 0 Å². The van der Waals surface area contributed by atoms with Gasteiger partial charge in [0.05, 0.1) is 0 Å². The van der Waals surface area contributed by atoms with Crippen LogP contribution in [-0.4, -0.2) is 50.1 Å². The van der Waals surface area contributed by atoms with Crippen LogP contribution in [0.3, 0.4) is 0 Å². The number of benzene rings is 3. The van der Waals surface area contributed by atoms with Gasteiger partial charge in [0.15, 0.2) is 0 Å². The Bertz CT molecular complexity index is 1140.